The zero-order valence-electron chi connectivity index (χ0n) is 11.1. The molecule has 1 aromatic heterocycles. The van der Waals surface area contributed by atoms with E-state index in [1.165, 1.54) is 25.3 Å². The van der Waals surface area contributed by atoms with Gasteiger partial charge in [0.05, 0.1) is 0 Å². The second-order valence-corrected chi connectivity index (χ2v) is 5.99. The molecule has 0 radical (unpaired) electrons. The maximum Gasteiger partial charge on any atom is 0.255 e. The van der Waals surface area contributed by atoms with Crippen molar-refractivity contribution in [3.8, 4) is 0 Å². The monoisotopic (exact) mass is 281 g/mol. The standard InChI is InChI=1S/C14H20ClN3O/c15-12-10-13(19)18(14(16-12)11-4-5-11)9-8-17-6-2-1-3-7-17/h10-11H,1-9H2. The summed E-state index contributed by atoms with van der Waals surface area (Å²) in [6.07, 6.45) is 6.17. The van der Waals surface area contributed by atoms with E-state index < -0.39 is 0 Å². The van der Waals surface area contributed by atoms with Crippen LogP contribution in [0.2, 0.25) is 5.15 Å². The number of nitrogens with zero attached hydrogens (tertiary/aromatic N) is 3. The summed E-state index contributed by atoms with van der Waals surface area (Å²) in [5.74, 6) is 1.35. The Morgan fingerprint density at radius 3 is 2.63 bits per heavy atom. The third kappa shape index (κ3) is 3.18. The Balaban J connectivity index is 1.74. The van der Waals surface area contributed by atoms with E-state index in [-0.39, 0.29) is 5.56 Å². The SMILES string of the molecule is O=c1cc(Cl)nc(C2CC2)n1CCN1CCCCC1. The number of likely N-dealkylation sites (tertiary alicyclic amines) is 1. The molecule has 2 fully saturated rings. The summed E-state index contributed by atoms with van der Waals surface area (Å²) >= 11 is 5.91. The molecule has 0 unspecified atom stereocenters. The Kier molecular flexibility index (Phi) is 3.89. The number of hydrogen-bond acceptors (Lipinski definition) is 3. The highest BCUT2D eigenvalue weighted by Gasteiger charge is 2.29. The van der Waals surface area contributed by atoms with Gasteiger partial charge in [-0.15, -0.1) is 0 Å². The third-order valence-electron chi connectivity index (χ3n) is 4.04. The lowest BCUT2D eigenvalue weighted by atomic mass is 10.1. The van der Waals surface area contributed by atoms with Crippen LogP contribution in [-0.2, 0) is 6.54 Å². The summed E-state index contributed by atoms with van der Waals surface area (Å²) in [6.45, 7) is 4.01. The molecule has 0 N–H and O–H groups in total. The van der Waals surface area contributed by atoms with Crippen LogP contribution in [0.1, 0.15) is 43.8 Å². The highest BCUT2D eigenvalue weighted by Crippen LogP contribution is 2.38. The fraction of sp³-hybridized carbons (Fsp3) is 0.714. The molecule has 1 saturated carbocycles. The molecule has 19 heavy (non-hydrogen) atoms. The number of hydrogen-bond donors (Lipinski definition) is 0. The van der Waals surface area contributed by atoms with Gasteiger partial charge in [-0.3, -0.25) is 9.36 Å². The van der Waals surface area contributed by atoms with Crippen LogP contribution < -0.4 is 5.56 Å². The highest BCUT2D eigenvalue weighted by molar-refractivity contribution is 6.29. The third-order valence-corrected chi connectivity index (χ3v) is 4.23. The fourth-order valence-corrected chi connectivity index (χ4v) is 2.98. The smallest absolute Gasteiger partial charge is 0.255 e. The van der Waals surface area contributed by atoms with Gasteiger partial charge in [-0.25, -0.2) is 4.98 Å². The van der Waals surface area contributed by atoms with Crippen LogP contribution in [0.15, 0.2) is 10.9 Å². The minimum atomic E-state index is -0.00101. The van der Waals surface area contributed by atoms with Gasteiger partial charge in [-0.05, 0) is 38.8 Å². The Hall–Kier alpha value is -0.870. The number of halogens is 1. The van der Waals surface area contributed by atoms with Crippen molar-refractivity contribution in [2.75, 3.05) is 19.6 Å². The Morgan fingerprint density at radius 1 is 1.21 bits per heavy atom. The van der Waals surface area contributed by atoms with E-state index in [2.05, 4.69) is 9.88 Å². The van der Waals surface area contributed by atoms with Gasteiger partial charge < -0.3 is 4.90 Å². The number of piperidine rings is 1. The first-order valence-corrected chi connectivity index (χ1v) is 7.61. The largest absolute Gasteiger partial charge is 0.302 e. The molecular weight excluding hydrogens is 262 g/mol. The van der Waals surface area contributed by atoms with Crippen molar-refractivity contribution >= 4 is 11.6 Å². The van der Waals surface area contributed by atoms with Gasteiger partial charge in [0.15, 0.2) is 0 Å². The highest BCUT2D eigenvalue weighted by atomic mass is 35.5. The number of rotatable bonds is 4. The molecule has 1 aliphatic heterocycles. The lowest BCUT2D eigenvalue weighted by Crippen LogP contribution is -2.35. The van der Waals surface area contributed by atoms with Crippen molar-refractivity contribution in [2.45, 2.75) is 44.6 Å². The molecule has 2 heterocycles. The minimum Gasteiger partial charge on any atom is -0.302 e. The average molecular weight is 282 g/mol. The van der Waals surface area contributed by atoms with Gasteiger partial charge in [0, 0.05) is 25.1 Å². The van der Waals surface area contributed by atoms with Crippen molar-refractivity contribution in [2.24, 2.45) is 0 Å². The van der Waals surface area contributed by atoms with Crippen LogP contribution in [0.3, 0.4) is 0 Å². The molecule has 1 aliphatic carbocycles. The molecule has 4 nitrogen and oxygen atoms in total. The van der Waals surface area contributed by atoms with E-state index in [4.69, 9.17) is 11.6 Å². The maximum absolute atomic E-state index is 12.1. The first kappa shape index (κ1) is 13.1. The van der Waals surface area contributed by atoms with E-state index in [1.807, 2.05) is 4.57 Å². The van der Waals surface area contributed by atoms with Crippen LogP contribution in [-0.4, -0.2) is 34.1 Å². The van der Waals surface area contributed by atoms with Gasteiger partial charge in [-0.1, -0.05) is 18.0 Å². The van der Waals surface area contributed by atoms with Crippen molar-refractivity contribution < 1.29 is 0 Å². The molecule has 3 rings (SSSR count). The van der Waals surface area contributed by atoms with Crippen LogP contribution in [0.4, 0.5) is 0 Å². The van der Waals surface area contributed by atoms with E-state index in [9.17, 15) is 4.79 Å². The van der Waals surface area contributed by atoms with E-state index in [0.29, 0.717) is 11.1 Å². The van der Waals surface area contributed by atoms with E-state index in [1.54, 1.807) is 0 Å². The molecule has 0 spiro atoms. The first-order chi connectivity index (χ1) is 9.24. The molecule has 1 aromatic rings. The Bertz CT molecular complexity index is 504. The summed E-state index contributed by atoms with van der Waals surface area (Å²) in [6, 6.07) is 1.43. The molecular formula is C14H20ClN3O. The summed E-state index contributed by atoms with van der Waals surface area (Å²) < 4.78 is 1.83. The molecule has 0 atom stereocenters. The molecule has 1 saturated heterocycles. The molecule has 104 valence electrons. The van der Waals surface area contributed by atoms with Crippen molar-refractivity contribution in [3.05, 3.63) is 27.4 Å². The van der Waals surface area contributed by atoms with Gasteiger partial charge in [0.25, 0.3) is 5.56 Å². The summed E-state index contributed by atoms with van der Waals surface area (Å²) in [5.41, 5.74) is -0.00101. The molecule has 2 aliphatic rings. The zero-order chi connectivity index (χ0) is 13.2. The Morgan fingerprint density at radius 2 is 1.95 bits per heavy atom. The van der Waals surface area contributed by atoms with Crippen LogP contribution in [0.25, 0.3) is 0 Å². The van der Waals surface area contributed by atoms with Crippen LogP contribution >= 0.6 is 11.6 Å². The van der Waals surface area contributed by atoms with Crippen molar-refractivity contribution in [1.82, 2.24) is 14.5 Å². The van der Waals surface area contributed by atoms with E-state index in [0.717, 1.165) is 44.8 Å². The maximum atomic E-state index is 12.1. The van der Waals surface area contributed by atoms with Gasteiger partial charge in [0.2, 0.25) is 0 Å². The van der Waals surface area contributed by atoms with Gasteiger partial charge >= 0.3 is 0 Å². The van der Waals surface area contributed by atoms with Gasteiger partial charge in [-0.2, -0.15) is 0 Å². The minimum absolute atomic E-state index is 0.00101. The summed E-state index contributed by atoms with van der Waals surface area (Å²) in [4.78, 5) is 18.9. The second kappa shape index (κ2) is 5.63. The molecule has 0 amide bonds. The zero-order valence-corrected chi connectivity index (χ0v) is 11.9. The predicted molar refractivity (Wildman–Crippen MR) is 75.8 cm³/mol. The quantitative estimate of drug-likeness (QED) is 0.795. The lowest BCUT2D eigenvalue weighted by Gasteiger charge is -2.26. The van der Waals surface area contributed by atoms with E-state index >= 15 is 0 Å². The lowest BCUT2D eigenvalue weighted by molar-refractivity contribution is 0.219. The Labute approximate surface area is 118 Å². The summed E-state index contributed by atoms with van der Waals surface area (Å²) in [5, 5.41) is 0.334. The summed E-state index contributed by atoms with van der Waals surface area (Å²) in [7, 11) is 0. The normalized spacial score (nSPS) is 20.7. The topological polar surface area (TPSA) is 38.1 Å². The molecule has 5 heteroatoms. The average Bonchev–Trinajstić information content (AvgIpc) is 3.22. The second-order valence-electron chi connectivity index (χ2n) is 5.60. The van der Waals surface area contributed by atoms with Crippen LogP contribution in [0.5, 0.6) is 0 Å². The predicted octanol–water partition coefficient (Wildman–Crippen LogP) is 2.26. The van der Waals surface area contributed by atoms with Gasteiger partial charge in [0.1, 0.15) is 11.0 Å². The van der Waals surface area contributed by atoms with Crippen LogP contribution in [0, 0.1) is 0 Å². The fourth-order valence-electron chi connectivity index (χ4n) is 2.80. The van der Waals surface area contributed by atoms with Crippen molar-refractivity contribution in [3.63, 3.8) is 0 Å². The molecule has 0 bridgehead atoms. The first-order valence-electron chi connectivity index (χ1n) is 7.23. The number of aromatic nitrogens is 2. The molecule has 0 aromatic carbocycles. The van der Waals surface area contributed by atoms with Crippen molar-refractivity contribution in [1.29, 1.82) is 0 Å².